The van der Waals surface area contributed by atoms with E-state index in [0.717, 1.165) is 18.4 Å². The molecule has 116 valence electrons. The molecule has 0 aromatic heterocycles. The van der Waals surface area contributed by atoms with Gasteiger partial charge in [-0.15, -0.1) is 11.6 Å². The van der Waals surface area contributed by atoms with Gasteiger partial charge in [-0.3, -0.25) is 9.59 Å². The van der Waals surface area contributed by atoms with Crippen LogP contribution in [0.3, 0.4) is 0 Å². The molecule has 0 aliphatic carbocycles. The van der Waals surface area contributed by atoms with Crippen molar-refractivity contribution in [3.05, 3.63) is 35.9 Å². The Morgan fingerprint density at radius 1 is 1.32 bits per heavy atom. The van der Waals surface area contributed by atoms with Crippen LogP contribution < -0.4 is 0 Å². The lowest BCUT2D eigenvalue weighted by Crippen LogP contribution is -2.50. The Morgan fingerprint density at radius 2 is 1.91 bits per heavy atom. The van der Waals surface area contributed by atoms with E-state index < -0.39 is 23.0 Å². The van der Waals surface area contributed by atoms with Crippen LogP contribution in [0.1, 0.15) is 31.2 Å². The predicted molar refractivity (Wildman–Crippen MR) is 84.4 cm³/mol. The van der Waals surface area contributed by atoms with E-state index in [4.69, 9.17) is 11.6 Å². The summed E-state index contributed by atoms with van der Waals surface area (Å²) < 4.78 is 0. The maximum atomic E-state index is 12.9. The summed E-state index contributed by atoms with van der Waals surface area (Å²) in [5, 5.41) is 9.76. The normalized spacial score (nSPS) is 18.3. The van der Waals surface area contributed by atoms with E-state index in [1.807, 2.05) is 24.3 Å². The van der Waals surface area contributed by atoms with Crippen molar-refractivity contribution < 1.29 is 9.59 Å². The molecule has 1 fully saturated rings. The van der Waals surface area contributed by atoms with Crippen LogP contribution in [-0.2, 0) is 9.59 Å². The summed E-state index contributed by atoms with van der Waals surface area (Å²) in [5.41, 5.74) is -1.00. The van der Waals surface area contributed by atoms with Gasteiger partial charge in [0.15, 0.2) is 5.78 Å². The summed E-state index contributed by atoms with van der Waals surface area (Å²) in [5.74, 6) is -1.46. The summed E-state index contributed by atoms with van der Waals surface area (Å²) >= 11 is 6.09. The monoisotopic (exact) mass is 318 g/mol. The molecule has 4 nitrogen and oxygen atoms in total. The molecule has 22 heavy (non-hydrogen) atoms. The van der Waals surface area contributed by atoms with Crippen LogP contribution in [0.15, 0.2) is 30.3 Å². The van der Waals surface area contributed by atoms with Gasteiger partial charge in [0, 0.05) is 24.9 Å². The lowest BCUT2D eigenvalue weighted by atomic mass is 9.70. The molecule has 0 N–H and O–H groups in total. The van der Waals surface area contributed by atoms with Crippen molar-refractivity contribution in [2.75, 3.05) is 19.0 Å². The van der Waals surface area contributed by atoms with Crippen LogP contribution in [0.4, 0.5) is 0 Å². The number of benzene rings is 1. The second-order valence-electron chi connectivity index (χ2n) is 5.59. The van der Waals surface area contributed by atoms with E-state index >= 15 is 0 Å². The average Bonchev–Trinajstić information content (AvgIpc) is 3.06. The smallest absolute Gasteiger partial charge is 0.251 e. The van der Waals surface area contributed by atoms with Gasteiger partial charge in [0.25, 0.3) is 5.91 Å². The molecule has 0 spiro atoms. The molecule has 1 saturated heterocycles. The van der Waals surface area contributed by atoms with E-state index in [1.165, 1.54) is 6.92 Å². The number of Topliss-reactive ketones (excluding diaryl/α,β-unsaturated/α-hetero) is 1. The standard InChI is InChI=1S/C17H19ClN2O2/c1-13(21)17(12-19,16(22)20-9-5-6-10-20)15(11-18)14-7-3-2-4-8-14/h2-4,7-8,15H,5-6,9-11H2,1H3. The number of nitriles is 1. The molecule has 1 aliphatic heterocycles. The molecule has 1 heterocycles. The Balaban J connectivity index is 2.50. The van der Waals surface area contributed by atoms with Crippen molar-refractivity contribution in [2.45, 2.75) is 25.7 Å². The van der Waals surface area contributed by atoms with Crippen LogP contribution >= 0.6 is 11.6 Å². The zero-order valence-electron chi connectivity index (χ0n) is 12.6. The molecule has 1 aromatic carbocycles. The second-order valence-corrected chi connectivity index (χ2v) is 5.90. The Hall–Kier alpha value is -1.86. The number of likely N-dealkylation sites (tertiary alicyclic amines) is 1. The Morgan fingerprint density at radius 3 is 2.36 bits per heavy atom. The van der Waals surface area contributed by atoms with Crippen molar-refractivity contribution in [1.29, 1.82) is 5.26 Å². The highest BCUT2D eigenvalue weighted by Crippen LogP contribution is 2.40. The van der Waals surface area contributed by atoms with E-state index in [9.17, 15) is 14.9 Å². The maximum Gasteiger partial charge on any atom is 0.251 e. The number of carbonyl (C=O) groups is 2. The van der Waals surface area contributed by atoms with Crippen molar-refractivity contribution in [3.8, 4) is 6.07 Å². The molecule has 1 aromatic rings. The van der Waals surface area contributed by atoms with Gasteiger partial charge >= 0.3 is 0 Å². The van der Waals surface area contributed by atoms with Crippen molar-refractivity contribution in [3.63, 3.8) is 0 Å². The summed E-state index contributed by atoms with van der Waals surface area (Å²) in [7, 11) is 0. The third kappa shape index (κ3) is 2.74. The van der Waals surface area contributed by atoms with Crippen LogP contribution in [0.25, 0.3) is 0 Å². The molecule has 1 aliphatic rings. The first kappa shape index (κ1) is 16.5. The Bertz CT molecular complexity index is 590. The topological polar surface area (TPSA) is 61.2 Å². The van der Waals surface area contributed by atoms with Gasteiger partial charge < -0.3 is 4.90 Å². The van der Waals surface area contributed by atoms with Crippen molar-refractivity contribution in [1.82, 2.24) is 4.90 Å². The predicted octanol–water partition coefficient (Wildman–Crippen LogP) is 2.73. The highest BCUT2D eigenvalue weighted by Gasteiger charge is 2.53. The number of hydrogen-bond donors (Lipinski definition) is 0. The van der Waals surface area contributed by atoms with E-state index in [1.54, 1.807) is 17.0 Å². The minimum Gasteiger partial charge on any atom is -0.341 e. The van der Waals surface area contributed by atoms with Gasteiger partial charge in [0.1, 0.15) is 0 Å². The molecule has 1 amide bonds. The number of halogens is 1. The molecule has 0 saturated carbocycles. The summed E-state index contributed by atoms with van der Waals surface area (Å²) in [4.78, 5) is 26.9. The number of ketones is 1. The molecule has 5 heteroatoms. The van der Waals surface area contributed by atoms with E-state index in [-0.39, 0.29) is 5.88 Å². The first-order valence-electron chi connectivity index (χ1n) is 7.40. The Kier molecular flexibility index (Phi) is 5.20. The van der Waals surface area contributed by atoms with E-state index in [0.29, 0.717) is 13.1 Å². The number of rotatable bonds is 5. The fraction of sp³-hybridized carbons (Fsp3) is 0.471. The minimum atomic E-state index is -1.74. The van der Waals surface area contributed by atoms with Gasteiger partial charge in [0.05, 0.1) is 6.07 Å². The quantitative estimate of drug-likeness (QED) is 0.619. The molecular formula is C17H19ClN2O2. The average molecular weight is 319 g/mol. The SMILES string of the molecule is CC(=O)C(C#N)(C(=O)N1CCCC1)C(CCl)c1ccccc1. The van der Waals surface area contributed by atoms with Gasteiger partial charge in [-0.25, -0.2) is 0 Å². The first-order valence-corrected chi connectivity index (χ1v) is 7.94. The highest BCUT2D eigenvalue weighted by atomic mass is 35.5. The van der Waals surface area contributed by atoms with Gasteiger partial charge in [0.2, 0.25) is 5.41 Å². The highest BCUT2D eigenvalue weighted by molar-refractivity contribution is 6.20. The molecule has 0 bridgehead atoms. The van der Waals surface area contributed by atoms with Gasteiger partial charge in [-0.1, -0.05) is 30.3 Å². The van der Waals surface area contributed by atoms with Crippen LogP contribution in [-0.4, -0.2) is 35.6 Å². The first-order chi connectivity index (χ1) is 10.6. The van der Waals surface area contributed by atoms with Crippen molar-refractivity contribution in [2.24, 2.45) is 5.41 Å². The summed E-state index contributed by atoms with van der Waals surface area (Å²) in [6, 6.07) is 11.1. The number of amides is 1. The third-order valence-electron chi connectivity index (χ3n) is 4.34. The lowest BCUT2D eigenvalue weighted by molar-refractivity contribution is -0.145. The molecular weight excluding hydrogens is 300 g/mol. The van der Waals surface area contributed by atoms with Gasteiger partial charge in [-0.2, -0.15) is 5.26 Å². The molecule has 2 rings (SSSR count). The van der Waals surface area contributed by atoms with Crippen LogP contribution in [0.2, 0.25) is 0 Å². The Labute approximate surface area is 135 Å². The number of hydrogen-bond acceptors (Lipinski definition) is 3. The van der Waals surface area contributed by atoms with Crippen LogP contribution in [0, 0.1) is 16.7 Å². The van der Waals surface area contributed by atoms with Crippen LogP contribution in [0.5, 0.6) is 0 Å². The second kappa shape index (κ2) is 6.93. The van der Waals surface area contributed by atoms with Crippen molar-refractivity contribution >= 4 is 23.3 Å². The van der Waals surface area contributed by atoms with E-state index in [2.05, 4.69) is 0 Å². The number of nitrogens with zero attached hydrogens (tertiary/aromatic N) is 2. The summed E-state index contributed by atoms with van der Waals surface area (Å²) in [6.45, 7) is 2.50. The largest absolute Gasteiger partial charge is 0.341 e. The molecule has 2 atom stereocenters. The molecule has 0 radical (unpaired) electrons. The molecule has 2 unspecified atom stereocenters. The lowest BCUT2D eigenvalue weighted by Gasteiger charge is -2.34. The maximum absolute atomic E-state index is 12.9. The fourth-order valence-corrected chi connectivity index (χ4v) is 3.47. The number of alkyl halides is 1. The third-order valence-corrected chi connectivity index (χ3v) is 4.65. The summed E-state index contributed by atoms with van der Waals surface area (Å²) in [6.07, 6.45) is 1.81. The zero-order chi connectivity index (χ0) is 16.2. The zero-order valence-corrected chi connectivity index (χ0v) is 13.3. The number of carbonyl (C=O) groups excluding carboxylic acids is 2. The minimum absolute atomic E-state index is 0.0384. The van der Waals surface area contributed by atoms with Gasteiger partial charge in [-0.05, 0) is 25.3 Å². The fourth-order valence-electron chi connectivity index (χ4n) is 3.06.